The predicted octanol–water partition coefficient (Wildman–Crippen LogP) is 13.2. The fourth-order valence-corrected chi connectivity index (χ4v) is 5.34. The summed E-state index contributed by atoms with van der Waals surface area (Å²) in [5.41, 5.74) is 0. The molecule has 0 aromatic heterocycles. The van der Waals surface area contributed by atoms with Crippen LogP contribution in [0, 0.1) is 0 Å². The van der Waals surface area contributed by atoms with Gasteiger partial charge in [-0.1, -0.05) is 204 Å². The molecule has 0 aromatic rings. The minimum atomic E-state index is -0.629. The minimum absolute atomic E-state index is 0.629. The maximum absolute atomic E-state index is 11.8. The molecule has 0 fully saturated rings. The van der Waals surface area contributed by atoms with E-state index in [4.69, 9.17) is 4.74 Å². The van der Waals surface area contributed by atoms with Gasteiger partial charge in [-0.3, -0.25) is 0 Å². The van der Waals surface area contributed by atoms with Gasteiger partial charge in [-0.25, -0.2) is 9.59 Å². The van der Waals surface area contributed by atoms with Crippen molar-refractivity contribution in [3.63, 3.8) is 0 Å². The van der Waals surface area contributed by atoms with Crippen LogP contribution in [-0.4, -0.2) is 11.9 Å². The summed E-state index contributed by atoms with van der Waals surface area (Å²) < 4.78 is 4.79. The second-order valence-electron chi connectivity index (χ2n) is 12.4. The summed E-state index contributed by atoms with van der Waals surface area (Å²) in [5, 5.41) is 0. The summed E-state index contributed by atoms with van der Waals surface area (Å²) in [6.45, 7) is 4.55. The van der Waals surface area contributed by atoms with E-state index in [1.807, 2.05) is 12.2 Å². The molecule has 0 bridgehead atoms. The molecule has 0 aliphatic rings. The molecule has 0 spiro atoms. The van der Waals surface area contributed by atoms with E-state index in [0.717, 1.165) is 12.8 Å². The molecular formula is C40H70O3. The molecular weight excluding hydrogens is 528 g/mol. The van der Waals surface area contributed by atoms with Crippen LogP contribution >= 0.6 is 0 Å². The molecule has 0 N–H and O–H groups in total. The van der Waals surface area contributed by atoms with Gasteiger partial charge < -0.3 is 4.74 Å². The van der Waals surface area contributed by atoms with Crippen LogP contribution in [0.25, 0.3) is 0 Å². The molecule has 0 aliphatic carbocycles. The molecule has 0 aliphatic heterocycles. The van der Waals surface area contributed by atoms with Gasteiger partial charge in [0.2, 0.25) is 0 Å². The van der Waals surface area contributed by atoms with Gasteiger partial charge in [0.15, 0.2) is 0 Å². The van der Waals surface area contributed by atoms with Crippen molar-refractivity contribution in [3.8, 4) is 0 Å². The van der Waals surface area contributed by atoms with Crippen molar-refractivity contribution in [3.05, 3.63) is 48.6 Å². The lowest BCUT2D eigenvalue weighted by atomic mass is 10.0. The third kappa shape index (κ3) is 36.2. The Kier molecular flexibility index (Phi) is 34.7. The molecule has 0 saturated carbocycles. The van der Waals surface area contributed by atoms with E-state index in [2.05, 4.69) is 26.0 Å². The molecule has 0 radical (unpaired) electrons. The maximum atomic E-state index is 11.8. The van der Waals surface area contributed by atoms with Crippen LogP contribution in [0.1, 0.15) is 194 Å². The van der Waals surface area contributed by atoms with Crippen molar-refractivity contribution in [1.82, 2.24) is 0 Å². The Hall–Kier alpha value is -1.90. The predicted molar refractivity (Wildman–Crippen MR) is 188 cm³/mol. The van der Waals surface area contributed by atoms with Gasteiger partial charge in [-0.05, 0) is 25.7 Å². The Morgan fingerprint density at radius 3 is 0.907 bits per heavy atom. The second-order valence-corrected chi connectivity index (χ2v) is 12.4. The average molecular weight is 599 g/mol. The highest BCUT2D eigenvalue weighted by molar-refractivity contribution is 5.96. The number of hydrogen-bond acceptors (Lipinski definition) is 3. The number of carbonyl (C=O) groups excluding carboxylic acids is 2. The topological polar surface area (TPSA) is 43.4 Å². The van der Waals surface area contributed by atoms with E-state index in [0.29, 0.717) is 0 Å². The van der Waals surface area contributed by atoms with E-state index in [1.165, 1.54) is 179 Å². The summed E-state index contributed by atoms with van der Waals surface area (Å²) in [6.07, 6.45) is 51.2. The number of ether oxygens (including phenoxy) is 1. The van der Waals surface area contributed by atoms with Gasteiger partial charge in [-0.15, -0.1) is 0 Å². The molecule has 0 atom stereocenters. The Bertz CT molecular complexity index is 655. The van der Waals surface area contributed by atoms with Crippen LogP contribution in [-0.2, 0) is 14.3 Å². The summed E-state index contributed by atoms with van der Waals surface area (Å²) in [7, 11) is 0. The average Bonchev–Trinajstić information content (AvgIpc) is 3.00. The fraction of sp³-hybridized carbons (Fsp3) is 0.750. The molecule has 248 valence electrons. The first kappa shape index (κ1) is 41.1. The van der Waals surface area contributed by atoms with E-state index < -0.39 is 11.9 Å². The minimum Gasteiger partial charge on any atom is -0.387 e. The molecule has 0 saturated heterocycles. The van der Waals surface area contributed by atoms with Gasteiger partial charge in [0.25, 0.3) is 0 Å². The number of hydrogen-bond donors (Lipinski definition) is 0. The van der Waals surface area contributed by atoms with Crippen molar-refractivity contribution >= 4 is 11.9 Å². The van der Waals surface area contributed by atoms with Crippen LogP contribution in [0.3, 0.4) is 0 Å². The Morgan fingerprint density at radius 1 is 0.372 bits per heavy atom. The molecule has 0 rings (SSSR count). The molecule has 0 unspecified atom stereocenters. The summed E-state index contributed by atoms with van der Waals surface area (Å²) >= 11 is 0. The highest BCUT2D eigenvalue weighted by atomic mass is 16.6. The van der Waals surface area contributed by atoms with Gasteiger partial charge in [0, 0.05) is 12.2 Å². The second kappa shape index (κ2) is 36.3. The number of unbranched alkanes of at least 4 members (excludes halogenated alkanes) is 26. The van der Waals surface area contributed by atoms with Gasteiger partial charge in [0.05, 0.1) is 0 Å². The van der Waals surface area contributed by atoms with E-state index >= 15 is 0 Å². The number of carbonyl (C=O) groups is 2. The number of esters is 2. The lowest BCUT2D eigenvalue weighted by Crippen LogP contribution is -2.06. The normalized spacial score (nSPS) is 12.0. The fourth-order valence-electron chi connectivity index (χ4n) is 5.34. The van der Waals surface area contributed by atoms with E-state index in [1.54, 1.807) is 12.2 Å². The van der Waals surface area contributed by atoms with Crippen LogP contribution in [0.15, 0.2) is 48.6 Å². The van der Waals surface area contributed by atoms with Crippen LogP contribution in [0.4, 0.5) is 0 Å². The number of rotatable bonds is 32. The van der Waals surface area contributed by atoms with Crippen LogP contribution in [0.5, 0.6) is 0 Å². The summed E-state index contributed by atoms with van der Waals surface area (Å²) in [5.74, 6) is -1.26. The molecule has 0 amide bonds. The van der Waals surface area contributed by atoms with Crippen molar-refractivity contribution < 1.29 is 14.3 Å². The highest BCUT2D eigenvalue weighted by Crippen LogP contribution is 2.14. The zero-order chi connectivity index (χ0) is 31.3. The van der Waals surface area contributed by atoms with Crippen molar-refractivity contribution in [2.45, 2.75) is 194 Å². The SMILES string of the molecule is CCCCCCCCCCCCCCC/C=C/C=C/C(=O)OC(=O)/C=C/C=C/CCCCCCCCCCCCCCC. The largest absolute Gasteiger partial charge is 0.387 e. The third-order valence-electron chi connectivity index (χ3n) is 8.11. The Balaban J connectivity index is 3.53. The molecule has 0 heterocycles. The number of allylic oxidation sites excluding steroid dienone is 6. The summed E-state index contributed by atoms with van der Waals surface area (Å²) in [4.78, 5) is 23.6. The molecule has 3 nitrogen and oxygen atoms in total. The molecule has 3 heteroatoms. The third-order valence-corrected chi connectivity index (χ3v) is 8.11. The van der Waals surface area contributed by atoms with Gasteiger partial charge >= 0.3 is 11.9 Å². The highest BCUT2D eigenvalue weighted by Gasteiger charge is 2.02. The Labute approximate surface area is 268 Å². The molecule has 43 heavy (non-hydrogen) atoms. The van der Waals surface area contributed by atoms with Gasteiger partial charge in [-0.2, -0.15) is 0 Å². The zero-order valence-corrected chi connectivity index (χ0v) is 28.6. The first-order valence-electron chi connectivity index (χ1n) is 18.6. The van der Waals surface area contributed by atoms with Crippen molar-refractivity contribution in [2.24, 2.45) is 0 Å². The van der Waals surface area contributed by atoms with Crippen molar-refractivity contribution in [2.75, 3.05) is 0 Å². The van der Waals surface area contributed by atoms with Crippen molar-refractivity contribution in [1.29, 1.82) is 0 Å². The standard InChI is InChI=1S/C40H70O3/c1-3-5-7-9-11-13-15-17-19-21-23-25-27-29-31-33-35-37-39(41)43-40(42)38-36-34-32-30-28-26-24-22-20-18-16-14-12-10-8-6-4-2/h31-38H,3-30H2,1-2H3/b33-31+,34-32+,37-35+,38-36+. The van der Waals surface area contributed by atoms with E-state index in [9.17, 15) is 9.59 Å². The lowest BCUT2D eigenvalue weighted by molar-refractivity contribution is -0.152. The summed E-state index contributed by atoms with van der Waals surface area (Å²) in [6, 6.07) is 0. The first-order valence-corrected chi connectivity index (χ1v) is 18.6. The van der Waals surface area contributed by atoms with Crippen LogP contribution < -0.4 is 0 Å². The smallest absolute Gasteiger partial charge is 0.338 e. The lowest BCUT2D eigenvalue weighted by Gasteiger charge is -2.02. The maximum Gasteiger partial charge on any atom is 0.338 e. The van der Waals surface area contributed by atoms with Crippen LogP contribution in [0.2, 0.25) is 0 Å². The molecule has 0 aromatic carbocycles. The van der Waals surface area contributed by atoms with Gasteiger partial charge in [0.1, 0.15) is 0 Å². The Morgan fingerprint density at radius 2 is 0.628 bits per heavy atom. The van der Waals surface area contributed by atoms with E-state index in [-0.39, 0.29) is 0 Å². The quantitative estimate of drug-likeness (QED) is 0.0254. The monoisotopic (exact) mass is 599 g/mol. The zero-order valence-electron chi connectivity index (χ0n) is 28.6. The first-order chi connectivity index (χ1) is 21.2.